The molecule has 5 heteroatoms. The molecule has 1 aliphatic heterocycles. The van der Waals surface area contributed by atoms with E-state index in [0.29, 0.717) is 5.82 Å². The van der Waals surface area contributed by atoms with Crippen molar-refractivity contribution in [3.63, 3.8) is 0 Å². The second kappa shape index (κ2) is 5.22. The van der Waals surface area contributed by atoms with Gasteiger partial charge in [0.15, 0.2) is 5.82 Å². The fraction of sp³-hybridized carbons (Fsp3) is 0.375. The molecule has 0 radical (unpaired) electrons. The first-order chi connectivity index (χ1) is 9.97. The summed E-state index contributed by atoms with van der Waals surface area (Å²) in [5, 5.41) is 10.2. The van der Waals surface area contributed by atoms with E-state index in [1.807, 2.05) is 13.8 Å². The molecule has 3 rings (SSSR count). The zero-order valence-corrected chi connectivity index (χ0v) is 13.5. The smallest absolute Gasteiger partial charge is 0.238 e. The van der Waals surface area contributed by atoms with Crippen molar-refractivity contribution < 1.29 is 4.79 Å². The van der Waals surface area contributed by atoms with E-state index >= 15 is 0 Å². The van der Waals surface area contributed by atoms with Crippen LogP contribution in [-0.4, -0.2) is 21.4 Å². The molecular weight excluding hydrogens is 282 g/mol. The molecular formula is C16H19N3OS. The minimum atomic E-state index is -0.108. The van der Waals surface area contributed by atoms with E-state index < -0.39 is 0 Å². The lowest BCUT2D eigenvalue weighted by Crippen LogP contribution is -2.21. The number of H-pyrrole nitrogens is 1. The number of rotatable bonds is 1. The van der Waals surface area contributed by atoms with E-state index in [1.165, 1.54) is 16.7 Å². The molecule has 1 aromatic carbocycles. The molecule has 21 heavy (non-hydrogen) atoms. The van der Waals surface area contributed by atoms with Gasteiger partial charge < -0.3 is 5.32 Å². The summed E-state index contributed by atoms with van der Waals surface area (Å²) in [7, 11) is 0. The fourth-order valence-electron chi connectivity index (χ4n) is 2.68. The number of aromatic amines is 1. The third-order valence-electron chi connectivity index (χ3n) is 3.92. The van der Waals surface area contributed by atoms with Gasteiger partial charge in [0, 0.05) is 11.3 Å². The quantitative estimate of drug-likeness (QED) is 0.847. The number of nitrogens with one attached hydrogen (secondary N) is 2. The van der Waals surface area contributed by atoms with Crippen LogP contribution in [0.25, 0.3) is 0 Å². The van der Waals surface area contributed by atoms with Crippen molar-refractivity contribution in [2.75, 3.05) is 5.32 Å². The van der Waals surface area contributed by atoms with Crippen LogP contribution in [0.1, 0.15) is 40.1 Å². The lowest BCUT2D eigenvalue weighted by molar-refractivity contribution is -0.115. The Morgan fingerprint density at radius 2 is 2.00 bits per heavy atom. The van der Waals surface area contributed by atoms with Gasteiger partial charge >= 0.3 is 0 Å². The summed E-state index contributed by atoms with van der Waals surface area (Å²) in [5.74, 6) is 0.681. The Bertz CT molecular complexity index is 708. The molecule has 2 N–H and O–H groups in total. The van der Waals surface area contributed by atoms with Crippen molar-refractivity contribution in [2.24, 2.45) is 0 Å². The minimum Gasteiger partial charge on any atom is -0.308 e. The van der Waals surface area contributed by atoms with Gasteiger partial charge in [0.2, 0.25) is 5.91 Å². The summed E-state index contributed by atoms with van der Waals surface area (Å²) in [6.07, 6.45) is 0. The molecule has 4 nitrogen and oxygen atoms in total. The van der Waals surface area contributed by atoms with E-state index in [9.17, 15) is 4.79 Å². The number of benzene rings is 1. The number of fused-ring (bicyclic) bond motifs is 1. The van der Waals surface area contributed by atoms with Gasteiger partial charge in [-0.05, 0) is 38.8 Å². The normalized spacial score (nSPS) is 21.6. The standard InChI is InChI=1S/C16H19N3OS/c1-8-5-6-9(2)12(7-8)14-13-10(3)18-19-15(13)17-16(20)11(4)21-14/h5-7,11,14H,1-4H3,(H2,17,18,19,20)/t11-,14-/m0/s1. The molecule has 0 fully saturated rings. The van der Waals surface area contributed by atoms with Crippen LogP contribution in [0.2, 0.25) is 0 Å². The number of nitrogens with zero attached hydrogens (tertiary/aromatic N) is 1. The first kappa shape index (κ1) is 14.2. The Kier molecular flexibility index (Phi) is 3.53. The van der Waals surface area contributed by atoms with E-state index in [1.54, 1.807) is 11.8 Å². The van der Waals surface area contributed by atoms with E-state index in [4.69, 9.17) is 0 Å². The molecule has 0 saturated heterocycles. The number of hydrogen-bond acceptors (Lipinski definition) is 3. The summed E-state index contributed by atoms with van der Waals surface area (Å²) in [5.41, 5.74) is 5.83. The predicted octanol–water partition coefficient (Wildman–Crippen LogP) is 3.50. The van der Waals surface area contributed by atoms with Crippen LogP contribution in [0.15, 0.2) is 18.2 Å². The Balaban J connectivity index is 2.18. The Hall–Kier alpha value is -1.75. The number of carbonyl (C=O) groups excluding carboxylic acids is 1. The maximum Gasteiger partial charge on any atom is 0.238 e. The van der Waals surface area contributed by atoms with Crippen LogP contribution in [0, 0.1) is 20.8 Å². The maximum atomic E-state index is 12.1. The van der Waals surface area contributed by atoms with Gasteiger partial charge in [0.1, 0.15) is 0 Å². The summed E-state index contributed by atoms with van der Waals surface area (Å²) in [6.45, 7) is 8.17. The van der Waals surface area contributed by atoms with Gasteiger partial charge in [-0.1, -0.05) is 23.8 Å². The highest BCUT2D eigenvalue weighted by Crippen LogP contribution is 2.45. The van der Waals surface area contributed by atoms with E-state index in [0.717, 1.165) is 11.3 Å². The van der Waals surface area contributed by atoms with Crippen molar-refractivity contribution >= 4 is 23.5 Å². The van der Waals surface area contributed by atoms with Crippen LogP contribution >= 0.6 is 11.8 Å². The van der Waals surface area contributed by atoms with Gasteiger partial charge in [0.25, 0.3) is 0 Å². The molecule has 0 saturated carbocycles. The van der Waals surface area contributed by atoms with Crippen molar-refractivity contribution in [3.8, 4) is 0 Å². The fourth-order valence-corrected chi connectivity index (χ4v) is 4.09. The average Bonchev–Trinajstić information content (AvgIpc) is 2.73. The van der Waals surface area contributed by atoms with Crippen molar-refractivity contribution in [1.82, 2.24) is 10.2 Å². The van der Waals surface area contributed by atoms with Crippen molar-refractivity contribution in [1.29, 1.82) is 0 Å². The van der Waals surface area contributed by atoms with Crippen LogP contribution in [0.4, 0.5) is 5.82 Å². The molecule has 2 atom stereocenters. The van der Waals surface area contributed by atoms with E-state index in [2.05, 4.69) is 47.6 Å². The molecule has 110 valence electrons. The Labute approximate surface area is 128 Å². The van der Waals surface area contributed by atoms with Gasteiger partial charge in [-0.25, -0.2) is 0 Å². The SMILES string of the molecule is Cc1ccc(C)c([C@@H]2S[C@@H](C)C(=O)Nc3n[nH]c(C)c32)c1. The predicted molar refractivity (Wildman–Crippen MR) is 86.8 cm³/mol. The molecule has 1 aromatic heterocycles. The molecule has 1 amide bonds. The number of aromatic nitrogens is 2. The summed E-state index contributed by atoms with van der Waals surface area (Å²) < 4.78 is 0. The number of aryl methyl sites for hydroxylation is 3. The number of amides is 1. The van der Waals surface area contributed by atoms with Crippen LogP contribution < -0.4 is 5.32 Å². The second-order valence-electron chi connectivity index (χ2n) is 5.62. The lowest BCUT2D eigenvalue weighted by Gasteiger charge is -2.20. The van der Waals surface area contributed by atoms with Crippen LogP contribution in [0.5, 0.6) is 0 Å². The van der Waals surface area contributed by atoms with Crippen LogP contribution in [0.3, 0.4) is 0 Å². The molecule has 1 aliphatic rings. The zero-order valence-electron chi connectivity index (χ0n) is 12.7. The Morgan fingerprint density at radius 1 is 1.24 bits per heavy atom. The molecule has 0 bridgehead atoms. The Morgan fingerprint density at radius 3 is 2.76 bits per heavy atom. The van der Waals surface area contributed by atoms with Crippen molar-refractivity contribution in [3.05, 3.63) is 46.1 Å². The summed E-state index contributed by atoms with van der Waals surface area (Å²) in [6, 6.07) is 6.48. The number of anilines is 1. The second-order valence-corrected chi connectivity index (χ2v) is 7.07. The third-order valence-corrected chi connectivity index (χ3v) is 5.31. The molecule has 2 aromatic rings. The number of carbonyl (C=O) groups is 1. The summed E-state index contributed by atoms with van der Waals surface area (Å²) in [4.78, 5) is 12.1. The molecule has 0 unspecified atom stereocenters. The first-order valence-corrected chi connectivity index (χ1v) is 8.00. The molecule has 0 aliphatic carbocycles. The maximum absolute atomic E-state index is 12.1. The topological polar surface area (TPSA) is 57.8 Å². The summed E-state index contributed by atoms with van der Waals surface area (Å²) >= 11 is 1.68. The third kappa shape index (κ3) is 2.46. The highest BCUT2D eigenvalue weighted by Gasteiger charge is 2.32. The monoisotopic (exact) mass is 301 g/mol. The van der Waals surface area contributed by atoms with Gasteiger partial charge in [-0.15, -0.1) is 11.8 Å². The zero-order chi connectivity index (χ0) is 15.1. The average molecular weight is 301 g/mol. The molecule has 0 spiro atoms. The number of thioether (sulfide) groups is 1. The van der Waals surface area contributed by atoms with Gasteiger partial charge in [-0.2, -0.15) is 5.10 Å². The first-order valence-electron chi connectivity index (χ1n) is 7.05. The van der Waals surface area contributed by atoms with Gasteiger partial charge in [-0.3, -0.25) is 9.89 Å². The molecule has 2 heterocycles. The number of hydrogen-bond donors (Lipinski definition) is 2. The highest BCUT2D eigenvalue weighted by atomic mass is 32.2. The highest BCUT2D eigenvalue weighted by molar-refractivity contribution is 8.01. The largest absolute Gasteiger partial charge is 0.308 e. The van der Waals surface area contributed by atoms with Crippen LogP contribution in [-0.2, 0) is 4.79 Å². The van der Waals surface area contributed by atoms with Crippen molar-refractivity contribution in [2.45, 2.75) is 38.2 Å². The van der Waals surface area contributed by atoms with Gasteiger partial charge in [0.05, 0.1) is 10.5 Å². The lowest BCUT2D eigenvalue weighted by atomic mass is 9.98. The van der Waals surface area contributed by atoms with E-state index in [-0.39, 0.29) is 16.4 Å². The minimum absolute atomic E-state index is 0.0144.